The predicted octanol–water partition coefficient (Wildman–Crippen LogP) is 2.82. The van der Waals surface area contributed by atoms with Crippen molar-refractivity contribution in [2.45, 2.75) is 52.4 Å². The Kier molecular flexibility index (Phi) is 4.41. The lowest BCUT2D eigenvalue weighted by Crippen LogP contribution is -2.45. The van der Waals surface area contributed by atoms with Crippen LogP contribution in [0.5, 0.6) is 0 Å². The van der Waals surface area contributed by atoms with Crippen LogP contribution in [-0.2, 0) is 15.6 Å². The number of nitrogens with one attached hydrogen (secondary N) is 2. The Morgan fingerprint density at radius 1 is 1.11 bits per heavy atom. The van der Waals surface area contributed by atoms with Crippen LogP contribution in [0.3, 0.4) is 0 Å². The van der Waals surface area contributed by atoms with E-state index in [0.717, 1.165) is 11.1 Å². The fourth-order valence-corrected chi connectivity index (χ4v) is 2.15. The van der Waals surface area contributed by atoms with E-state index in [1.807, 2.05) is 13.8 Å². The topological polar surface area (TPSA) is 41.1 Å². The van der Waals surface area contributed by atoms with Gasteiger partial charge in [-0.2, -0.15) is 0 Å². The van der Waals surface area contributed by atoms with Crippen LogP contribution in [0.25, 0.3) is 0 Å². The van der Waals surface area contributed by atoms with Crippen molar-refractivity contribution in [3.8, 4) is 0 Å². The number of hydrazine groups is 1. The summed E-state index contributed by atoms with van der Waals surface area (Å²) in [6, 6.07) is 6.40. The Balaban J connectivity index is 3.29. The Hall–Kier alpha value is -1.35. The van der Waals surface area contributed by atoms with Crippen LogP contribution < -0.4 is 10.9 Å². The van der Waals surface area contributed by atoms with Crippen LogP contribution >= 0.6 is 0 Å². The molecule has 0 aliphatic rings. The molecule has 1 aromatic rings. The van der Waals surface area contributed by atoms with Crippen LogP contribution in [0.2, 0.25) is 0 Å². The van der Waals surface area contributed by atoms with Gasteiger partial charge in [-0.25, -0.2) is 5.43 Å². The first-order chi connectivity index (χ1) is 8.60. The van der Waals surface area contributed by atoms with Crippen LogP contribution in [-0.4, -0.2) is 13.0 Å². The highest BCUT2D eigenvalue weighted by Gasteiger charge is 2.32. The molecule has 1 amide bonds. The number of amides is 1. The minimum atomic E-state index is -0.561. The smallest absolute Gasteiger partial charge is 0.244 e. The molecule has 3 nitrogen and oxygen atoms in total. The minimum absolute atomic E-state index is 0.0239. The Morgan fingerprint density at radius 3 is 2.16 bits per heavy atom. The summed E-state index contributed by atoms with van der Waals surface area (Å²) in [6.07, 6.45) is 0. The van der Waals surface area contributed by atoms with Crippen LogP contribution in [0, 0.1) is 6.92 Å². The van der Waals surface area contributed by atoms with Crippen LogP contribution in [0.1, 0.15) is 51.3 Å². The van der Waals surface area contributed by atoms with E-state index in [0.29, 0.717) is 0 Å². The molecule has 0 aliphatic heterocycles. The first-order valence-corrected chi connectivity index (χ1v) is 6.69. The SMILES string of the molecule is CNNC(=O)C(C)(C)c1cc(C(C)(C)C)ccc1C. The third-order valence-corrected chi connectivity index (χ3v) is 3.58. The van der Waals surface area contributed by atoms with E-state index >= 15 is 0 Å². The number of rotatable bonds is 3. The van der Waals surface area contributed by atoms with E-state index in [-0.39, 0.29) is 11.3 Å². The standard InChI is InChI=1S/C16H26N2O/c1-11-8-9-12(15(2,3)4)10-13(11)16(5,6)14(19)18-17-7/h8-10,17H,1-7H3,(H,18,19). The zero-order valence-electron chi connectivity index (χ0n) is 13.1. The van der Waals surface area contributed by atoms with Gasteiger partial charge >= 0.3 is 0 Å². The number of hydrogen-bond donors (Lipinski definition) is 2. The van der Waals surface area contributed by atoms with Gasteiger partial charge in [0.2, 0.25) is 5.91 Å². The summed E-state index contributed by atoms with van der Waals surface area (Å²) in [4.78, 5) is 12.2. The summed E-state index contributed by atoms with van der Waals surface area (Å²) >= 11 is 0. The first kappa shape index (κ1) is 15.7. The lowest BCUT2D eigenvalue weighted by Gasteiger charge is -2.28. The molecule has 0 aliphatic carbocycles. The van der Waals surface area contributed by atoms with Crippen molar-refractivity contribution >= 4 is 5.91 Å². The maximum atomic E-state index is 12.2. The van der Waals surface area contributed by atoms with Crippen molar-refractivity contribution in [2.75, 3.05) is 7.05 Å². The number of aryl methyl sites for hydroxylation is 1. The molecule has 1 aromatic carbocycles. The Labute approximate surface area is 116 Å². The van der Waals surface area contributed by atoms with E-state index in [9.17, 15) is 4.79 Å². The molecule has 19 heavy (non-hydrogen) atoms. The molecule has 0 saturated carbocycles. The summed E-state index contributed by atoms with van der Waals surface area (Å²) in [6.45, 7) is 12.5. The molecule has 0 fully saturated rings. The van der Waals surface area contributed by atoms with Gasteiger partial charge in [-0.05, 0) is 42.9 Å². The Morgan fingerprint density at radius 2 is 1.68 bits per heavy atom. The number of carbonyl (C=O) groups is 1. The highest BCUT2D eigenvalue weighted by molar-refractivity contribution is 5.87. The summed E-state index contributed by atoms with van der Waals surface area (Å²) in [5.41, 5.74) is 8.38. The number of carbonyl (C=O) groups excluding carboxylic acids is 1. The molecule has 106 valence electrons. The normalized spacial score (nSPS) is 12.4. The minimum Gasteiger partial charge on any atom is -0.291 e. The highest BCUT2D eigenvalue weighted by Crippen LogP contribution is 2.31. The zero-order valence-corrected chi connectivity index (χ0v) is 13.1. The Bertz CT molecular complexity index is 470. The van der Waals surface area contributed by atoms with Gasteiger partial charge in [0.15, 0.2) is 0 Å². The molecular weight excluding hydrogens is 236 g/mol. The maximum absolute atomic E-state index is 12.2. The quantitative estimate of drug-likeness (QED) is 0.822. The molecule has 0 heterocycles. The molecule has 0 unspecified atom stereocenters. The van der Waals surface area contributed by atoms with Gasteiger partial charge in [0, 0.05) is 7.05 Å². The van der Waals surface area contributed by atoms with Crippen molar-refractivity contribution in [1.29, 1.82) is 0 Å². The summed E-state index contributed by atoms with van der Waals surface area (Å²) in [7, 11) is 1.70. The van der Waals surface area contributed by atoms with Gasteiger partial charge in [0.1, 0.15) is 0 Å². The van der Waals surface area contributed by atoms with E-state index < -0.39 is 5.41 Å². The number of benzene rings is 1. The van der Waals surface area contributed by atoms with Crippen molar-refractivity contribution in [3.63, 3.8) is 0 Å². The zero-order chi connectivity index (χ0) is 14.8. The van der Waals surface area contributed by atoms with Gasteiger partial charge in [0.25, 0.3) is 0 Å². The molecule has 0 aromatic heterocycles. The maximum Gasteiger partial charge on any atom is 0.244 e. The fourth-order valence-electron chi connectivity index (χ4n) is 2.15. The van der Waals surface area contributed by atoms with Gasteiger partial charge < -0.3 is 0 Å². The van der Waals surface area contributed by atoms with Gasteiger partial charge in [0.05, 0.1) is 5.41 Å². The molecule has 0 radical (unpaired) electrons. The summed E-state index contributed by atoms with van der Waals surface area (Å²) in [5.74, 6) is -0.0239. The highest BCUT2D eigenvalue weighted by atomic mass is 16.2. The third-order valence-electron chi connectivity index (χ3n) is 3.58. The molecule has 0 saturated heterocycles. The second-order valence-corrected chi connectivity index (χ2v) is 6.61. The first-order valence-electron chi connectivity index (χ1n) is 6.69. The van der Waals surface area contributed by atoms with Crippen LogP contribution in [0.4, 0.5) is 0 Å². The predicted molar refractivity (Wildman–Crippen MR) is 80.1 cm³/mol. The molecule has 1 rings (SSSR count). The van der Waals surface area contributed by atoms with E-state index in [1.54, 1.807) is 7.05 Å². The van der Waals surface area contributed by atoms with Gasteiger partial charge in [-0.3, -0.25) is 10.2 Å². The third kappa shape index (κ3) is 3.35. The van der Waals surface area contributed by atoms with Crippen molar-refractivity contribution in [3.05, 3.63) is 34.9 Å². The lowest BCUT2D eigenvalue weighted by atomic mass is 9.77. The second kappa shape index (κ2) is 5.33. The number of hydrogen-bond acceptors (Lipinski definition) is 2. The molecular formula is C16H26N2O. The van der Waals surface area contributed by atoms with E-state index in [1.165, 1.54) is 5.56 Å². The van der Waals surface area contributed by atoms with Crippen molar-refractivity contribution in [1.82, 2.24) is 10.9 Å². The average molecular weight is 262 g/mol. The van der Waals surface area contributed by atoms with Crippen molar-refractivity contribution in [2.24, 2.45) is 0 Å². The summed E-state index contributed by atoms with van der Waals surface area (Å²) in [5, 5.41) is 0. The van der Waals surface area contributed by atoms with E-state index in [2.05, 4.69) is 56.7 Å². The molecule has 0 atom stereocenters. The lowest BCUT2D eigenvalue weighted by molar-refractivity contribution is -0.126. The monoisotopic (exact) mass is 262 g/mol. The largest absolute Gasteiger partial charge is 0.291 e. The molecule has 3 heteroatoms. The van der Waals surface area contributed by atoms with Crippen molar-refractivity contribution < 1.29 is 4.79 Å². The average Bonchev–Trinajstić information content (AvgIpc) is 2.28. The molecule has 0 spiro atoms. The van der Waals surface area contributed by atoms with E-state index in [4.69, 9.17) is 0 Å². The molecule has 2 N–H and O–H groups in total. The fraction of sp³-hybridized carbons (Fsp3) is 0.562. The van der Waals surface area contributed by atoms with Gasteiger partial charge in [-0.15, -0.1) is 0 Å². The molecule has 0 bridgehead atoms. The van der Waals surface area contributed by atoms with Gasteiger partial charge in [-0.1, -0.05) is 39.0 Å². The second-order valence-electron chi connectivity index (χ2n) is 6.61. The summed E-state index contributed by atoms with van der Waals surface area (Å²) < 4.78 is 0. The van der Waals surface area contributed by atoms with Crippen LogP contribution in [0.15, 0.2) is 18.2 Å².